The van der Waals surface area contributed by atoms with Gasteiger partial charge >= 0.3 is 0 Å². The molecule has 0 aromatic heterocycles. The fourth-order valence-electron chi connectivity index (χ4n) is 2.35. The predicted molar refractivity (Wildman–Crippen MR) is 76.9 cm³/mol. The largest absolute Gasteiger partial charge is 0.351 e. The Labute approximate surface area is 115 Å². The molecule has 2 atom stereocenters. The van der Waals surface area contributed by atoms with Crippen molar-refractivity contribution in [2.45, 2.75) is 38.9 Å². The number of hydrogen-bond acceptors (Lipinski definition) is 3. The maximum absolute atomic E-state index is 12.1. The average Bonchev–Trinajstić information content (AvgIpc) is 2.45. The Balaban J connectivity index is 1.86. The summed E-state index contributed by atoms with van der Waals surface area (Å²) in [7, 11) is 0. The summed E-state index contributed by atoms with van der Waals surface area (Å²) >= 11 is 0. The first-order valence-corrected chi connectivity index (χ1v) is 7.02. The van der Waals surface area contributed by atoms with Crippen LogP contribution in [-0.2, 0) is 17.8 Å². The second-order valence-corrected chi connectivity index (χ2v) is 5.11. The van der Waals surface area contributed by atoms with Gasteiger partial charge in [0.2, 0.25) is 5.91 Å². The number of hydrogen-bond donors (Lipinski definition) is 3. The quantitative estimate of drug-likeness (QED) is 0.752. The van der Waals surface area contributed by atoms with Crippen LogP contribution < -0.4 is 16.0 Å². The van der Waals surface area contributed by atoms with Crippen LogP contribution in [0.1, 0.15) is 25.0 Å². The van der Waals surface area contributed by atoms with Crippen molar-refractivity contribution < 1.29 is 4.79 Å². The monoisotopic (exact) mass is 261 g/mol. The first-order valence-electron chi connectivity index (χ1n) is 7.02. The SMILES string of the molecule is CCc1ccccc1CNC(=O)C1CNC(C)CN1. The third-order valence-electron chi connectivity index (χ3n) is 3.61. The lowest BCUT2D eigenvalue weighted by Gasteiger charge is -2.28. The van der Waals surface area contributed by atoms with E-state index in [0.29, 0.717) is 19.1 Å². The normalized spacial score (nSPS) is 23.1. The molecule has 1 fully saturated rings. The topological polar surface area (TPSA) is 53.2 Å². The van der Waals surface area contributed by atoms with Gasteiger partial charge in [-0.25, -0.2) is 0 Å². The molecule has 0 spiro atoms. The highest BCUT2D eigenvalue weighted by molar-refractivity contribution is 5.82. The van der Waals surface area contributed by atoms with Gasteiger partial charge in [-0.2, -0.15) is 0 Å². The van der Waals surface area contributed by atoms with Crippen LogP contribution in [0.15, 0.2) is 24.3 Å². The Hall–Kier alpha value is -1.39. The van der Waals surface area contributed by atoms with Gasteiger partial charge in [0.1, 0.15) is 0 Å². The fourth-order valence-corrected chi connectivity index (χ4v) is 2.35. The summed E-state index contributed by atoms with van der Waals surface area (Å²) in [5.74, 6) is 0.0744. The van der Waals surface area contributed by atoms with E-state index in [1.807, 2.05) is 12.1 Å². The third-order valence-corrected chi connectivity index (χ3v) is 3.61. The first kappa shape index (κ1) is 14.0. The molecule has 1 heterocycles. The Morgan fingerprint density at radius 3 is 2.63 bits per heavy atom. The molecule has 1 aromatic rings. The number of carbonyl (C=O) groups is 1. The van der Waals surface area contributed by atoms with Gasteiger partial charge in [0.15, 0.2) is 0 Å². The summed E-state index contributed by atoms with van der Waals surface area (Å²) in [5, 5.41) is 9.59. The molecule has 4 heteroatoms. The highest BCUT2D eigenvalue weighted by atomic mass is 16.2. The van der Waals surface area contributed by atoms with Gasteiger partial charge < -0.3 is 16.0 Å². The standard InChI is InChI=1S/C15H23N3O/c1-3-12-6-4-5-7-13(12)9-18-15(19)14-10-16-11(2)8-17-14/h4-7,11,14,16-17H,3,8-10H2,1-2H3,(H,18,19). The first-order chi connectivity index (χ1) is 9.20. The summed E-state index contributed by atoms with van der Waals surface area (Å²) < 4.78 is 0. The molecule has 1 saturated heterocycles. The molecule has 0 aliphatic carbocycles. The average molecular weight is 261 g/mol. The number of benzene rings is 1. The molecule has 0 saturated carbocycles. The Morgan fingerprint density at radius 2 is 2.00 bits per heavy atom. The van der Waals surface area contributed by atoms with Gasteiger partial charge in [-0.05, 0) is 24.5 Å². The lowest BCUT2D eigenvalue weighted by molar-refractivity contribution is -0.123. The lowest BCUT2D eigenvalue weighted by atomic mass is 10.1. The second-order valence-electron chi connectivity index (χ2n) is 5.11. The molecule has 0 radical (unpaired) electrons. The van der Waals surface area contributed by atoms with E-state index in [0.717, 1.165) is 13.0 Å². The van der Waals surface area contributed by atoms with Crippen LogP contribution in [0.25, 0.3) is 0 Å². The number of piperazine rings is 1. The zero-order valence-corrected chi connectivity index (χ0v) is 11.7. The fraction of sp³-hybridized carbons (Fsp3) is 0.533. The summed E-state index contributed by atoms with van der Waals surface area (Å²) in [4.78, 5) is 12.1. The number of nitrogens with one attached hydrogen (secondary N) is 3. The van der Waals surface area contributed by atoms with Gasteiger partial charge in [-0.1, -0.05) is 31.2 Å². The van der Waals surface area contributed by atoms with Crippen LogP contribution in [0.5, 0.6) is 0 Å². The van der Waals surface area contributed by atoms with Gasteiger partial charge in [0, 0.05) is 25.7 Å². The van der Waals surface area contributed by atoms with E-state index in [1.54, 1.807) is 0 Å². The van der Waals surface area contributed by atoms with Crippen molar-refractivity contribution in [1.82, 2.24) is 16.0 Å². The van der Waals surface area contributed by atoms with Gasteiger partial charge in [0.05, 0.1) is 6.04 Å². The molecule has 0 bridgehead atoms. The minimum atomic E-state index is -0.120. The van der Waals surface area contributed by atoms with Crippen LogP contribution in [-0.4, -0.2) is 31.1 Å². The summed E-state index contributed by atoms with van der Waals surface area (Å²) in [6.45, 7) is 6.38. The second kappa shape index (κ2) is 6.68. The summed E-state index contributed by atoms with van der Waals surface area (Å²) in [6, 6.07) is 8.56. The van der Waals surface area contributed by atoms with Crippen LogP contribution >= 0.6 is 0 Å². The van der Waals surface area contributed by atoms with Crippen LogP contribution in [0, 0.1) is 0 Å². The molecule has 4 nitrogen and oxygen atoms in total. The smallest absolute Gasteiger partial charge is 0.238 e. The summed E-state index contributed by atoms with van der Waals surface area (Å²) in [5.41, 5.74) is 2.50. The maximum Gasteiger partial charge on any atom is 0.238 e. The zero-order valence-electron chi connectivity index (χ0n) is 11.7. The molecule has 19 heavy (non-hydrogen) atoms. The van der Waals surface area contributed by atoms with Crippen molar-refractivity contribution in [2.24, 2.45) is 0 Å². The summed E-state index contributed by atoms with van der Waals surface area (Å²) in [6.07, 6.45) is 0.993. The molecular weight excluding hydrogens is 238 g/mol. The van der Waals surface area contributed by atoms with Crippen molar-refractivity contribution in [2.75, 3.05) is 13.1 Å². The van der Waals surface area contributed by atoms with E-state index >= 15 is 0 Å². The highest BCUT2D eigenvalue weighted by Crippen LogP contribution is 2.09. The van der Waals surface area contributed by atoms with Gasteiger partial charge in [-0.15, -0.1) is 0 Å². The molecule has 1 aliphatic heterocycles. The van der Waals surface area contributed by atoms with Crippen molar-refractivity contribution >= 4 is 5.91 Å². The van der Waals surface area contributed by atoms with Crippen LogP contribution in [0.4, 0.5) is 0 Å². The van der Waals surface area contributed by atoms with Crippen LogP contribution in [0.2, 0.25) is 0 Å². The number of amides is 1. The van der Waals surface area contributed by atoms with Crippen molar-refractivity contribution in [3.05, 3.63) is 35.4 Å². The zero-order chi connectivity index (χ0) is 13.7. The Bertz CT molecular complexity index is 425. The van der Waals surface area contributed by atoms with Crippen molar-refractivity contribution in [3.63, 3.8) is 0 Å². The minimum absolute atomic E-state index is 0.0744. The highest BCUT2D eigenvalue weighted by Gasteiger charge is 2.22. The van der Waals surface area contributed by atoms with Gasteiger partial charge in [0.25, 0.3) is 0 Å². The van der Waals surface area contributed by atoms with E-state index in [1.165, 1.54) is 11.1 Å². The minimum Gasteiger partial charge on any atom is -0.351 e. The van der Waals surface area contributed by atoms with E-state index in [2.05, 4.69) is 41.9 Å². The maximum atomic E-state index is 12.1. The van der Waals surface area contributed by atoms with E-state index in [9.17, 15) is 4.79 Å². The van der Waals surface area contributed by atoms with Crippen molar-refractivity contribution in [3.8, 4) is 0 Å². The number of rotatable bonds is 4. The van der Waals surface area contributed by atoms with E-state index < -0.39 is 0 Å². The molecule has 1 amide bonds. The molecule has 1 aromatic carbocycles. The molecule has 104 valence electrons. The van der Waals surface area contributed by atoms with Crippen molar-refractivity contribution in [1.29, 1.82) is 0 Å². The molecular formula is C15H23N3O. The van der Waals surface area contributed by atoms with Crippen LogP contribution in [0.3, 0.4) is 0 Å². The lowest BCUT2D eigenvalue weighted by Crippen LogP contribution is -2.58. The Morgan fingerprint density at radius 1 is 1.26 bits per heavy atom. The van der Waals surface area contributed by atoms with E-state index in [4.69, 9.17) is 0 Å². The Kier molecular flexibility index (Phi) is 4.93. The molecule has 2 unspecified atom stereocenters. The number of carbonyl (C=O) groups excluding carboxylic acids is 1. The molecule has 3 N–H and O–H groups in total. The predicted octanol–water partition coefficient (Wildman–Crippen LogP) is 0.815. The molecule has 1 aliphatic rings. The van der Waals surface area contributed by atoms with Gasteiger partial charge in [-0.3, -0.25) is 4.79 Å². The molecule has 2 rings (SSSR count). The third kappa shape index (κ3) is 3.78. The van der Waals surface area contributed by atoms with E-state index in [-0.39, 0.29) is 11.9 Å². The number of aryl methyl sites for hydroxylation is 1.